The molecule has 1 unspecified atom stereocenters. The molecule has 2 aliphatic rings. The van der Waals surface area contributed by atoms with Crippen molar-refractivity contribution in [3.05, 3.63) is 18.0 Å². The van der Waals surface area contributed by atoms with E-state index in [4.69, 9.17) is 4.74 Å². The molecule has 2 fully saturated rings. The van der Waals surface area contributed by atoms with Crippen LogP contribution in [0.15, 0.2) is 12.4 Å². The van der Waals surface area contributed by atoms with Crippen molar-refractivity contribution < 1.29 is 9.53 Å². The number of rotatable bonds is 5. The number of nitrogens with one attached hydrogen (secondary N) is 1. The monoisotopic (exact) mass is 348 g/mol. The van der Waals surface area contributed by atoms with Crippen LogP contribution in [-0.2, 0) is 16.6 Å². The quantitative estimate of drug-likeness (QED) is 0.887. The van der Waals surface area contributed by atoms with Gasteiger partial charge < -0.3 is 15.0 Å². The van der Waals surface area contributed by atoms with E-state index in [1.165, 1.54) is 25.7 Å². The number of likely N-dealkylation sites (N-methyl/N-ethyl adjacent to an activating group) is 1. The highest BCUT2D eigenvalue weighted by atomic mass is 16.5. The zero-order valence-corrected chi connectivity index (χ0v) is 15.8. The normalized spacial score (nSPS) is 26.6. The Labute approximate surface area is 150 Å². The smallest absolute Gasteiger partial charge is 0.244 e. The molecule has 1 saturated carbocycles. The van der Waals surface area contributed by atoms with Crippen molar-refractivity contribution in [1.82, 2.24) is 20.0 Å². The molecule has 6 heteroatoms. The predicted molar refractivity (Wildman–Crippen MR) is 97.1 cm³/mol. The fraction of sp³-hybridized carbons (Fsp3) is 0.789. The SMILES string of the molecule is CNC(C(=O)N1CCC(OC2CCC(C)CC2)CC1)c1cnn(C)c1. The van der Waals surface area contributed by atoms with Crippen LogP contribution in [-0.4, -0.2) is 52.9 Å². The number of ether oxygens (including phenoxy) is 1. The third kappa shape index (κ3) is 4.61. The number of hydrogen-bond acceptors (Lipinski definition) is 4. The van der Waals surface area contributed by atoms with Gasteiger partial charge in [-0.2, -0.15) is 5.10 Å². The number of likely N-dealkylation sites (tertiary alicyclic amines) is 1. The summed E-state index contributed by atoms with van der Waals surface area (Å²) in [4.78, 5) is 14.8. The molecule has 1 aromatic heterocycles. The van der Waals surface area contributed by atoms with E-state index in [2.05, 4.69) is 17.3 Å². The van der Waals surface area contributed by atoms with Crippen LogP contribution in [0.1, 0.15) is 57.1 Å². The van der Waals surface area contributed by atoms with E-state index in [9.17, 15) is 4.79 Å². The summed E-state index contributed by atoms with van der Waals surface area (Å²) in [5.74, 6) is 0.991. The van der Waals surface area contributed by atoms with Gasteiger partial charge in [-0.1, -0.05) is 6.92 Å². The molecular weight excluding hydrogens is 316 g/mol. The van der Waals surface area contributed by atoms with E-state index in [1.54, 1.807) is 10.9 Å². The van der Waals surface area contributed by atoms with E-state index in [0.717, 1.165) is 37.4 Å². The van der Waals surface area contributed by atoms with Gasteiger partial charge in [0, 0.05) is 31.9 Å². The summed E-state index contributed by atoms with van der Waals surface area (Å²) in [6.45, 7) is 3.90. The van der Waals surface area contributed by atoms with Gasteiger partial charge in [0.15, 0.2) is 0 Å². The molecule has 2 heterocycles. The van der Waals surface area contributed by atoms with Crippen LogP contribution >= 0.6 is 0 Å². The minimum atomic E-state index is -0.314. The Bertz CT molecular complexity index is 558. The van der Waals surface area contributed by atoms with Crippen LogP contribution < -0.4 is 5.32 Å². The third-order valence-corrected chi connectivity index (χ3v) is 5.70. The van der Waals surface area contributed by atoms with Crippen LogP contribution in [0.4, 0.5) is 0 Å². The molecular formula is C19H32N4O2. The lowest BCUT2D eigenvalue weighted by Gasteiger charge is -2.36. The fourth-order valence-electron chi connectivity index (χ4n) is 4.05. The summed E-state index contributed by atoms with van der Waals surface area (Å²) in [6, 6.07) is -0.314. The minimum absolute atomic E-state index is 0.139. The Kier molecular flexibility index (Phi) is 6.12. The summed E-state index contributed by atoms with van der Waals surface area (Å²) in [6.07, 6.45) is 11.3. The van der Waals surface area contributed by atoms with Gasteiger partial charge in [0.25, 0.3) is 0 Å². The first kappa shape index (κ1) is 18.4. The summed E-state index contributed by atoms with van der Waals surface area (Å²) >= 11 is 0. The summed E-state index contributed by atoms with van der Waals surface area (Å²) in [5, 5.41) is 7.32. The minimum Gasteiger partial charge on any atom is -0.375 e. The highest BCUT2D eigenvalue weighted by Crippen LogP contribution is 2.28. The molecule has 1 amide bonds. The number of nitrogens with zero attached hydrogens (tertiary/aromatic N) is 3. The van der Waals surface area contributed by atoms with Gasteiger partial charge in [-0.3, -0.25) is 9.48 Å². The maximum absolute atomic E-state index is 12.9. The van der Waals surface area contributed by atoms with E-state index < -0.39 is 0 Å². The summed E-state index contributed by atoms with van der Waals surface area (Å²) < 4.78 is 8.05. The number of aryl methyl sites for hydroxylation is 1. The highest BCUT2D eigenvalue weighted by molar-refractivity contribution is 5.83. The summed E-state index contributed by atoms with van der Waals surface area (Å²) in [5.41, 5.74) is 0.921. The molecule has 1 N–H and O–H groups in total. The third-order valence-electron chi connectivity index (χ3n) is 5.70. The molecule has 6 nitrogen and oxygen atoms in total. The molecule has 1 aromatic rings. The molecule has 1 aliphatic carbocycles. The Morgan fingerprint density at radius 3 is 2.40 bits per heavy atom. The number of piperidine rings is 1. The van der Waals surface area contributed by atoms with Crippen LogP contribution in [0.25, 0.3) is 0 Å². The van der Waals surface area contributed by atoms with Gasteiger partial charge >= 0.3 is 0 Å². The average Bonchev–Trinajstić information content (AvgIpc) is 3.04. The topological polar surface area (TPSA) is 59.4 Å². The van der Waals surface area contributed by atoms with Gasteiger partial charge in [-0.25, -0.2) is 0 Å². The van der Waals surface area contributed by atoms with Gasteiger partial charge in [0.1, 0.15) is 6.04 Å². The molecule has 25 heavy (non-hydrogen) atoms. The first-order valence-corrected chi connectivity index (χ1v) is 9.67. The molecule has 1 atom stereocenters. The van der Waals surface area contributed by atoms with Crippen LogP contribution in [0.5, 0.6) is 0 Å². The van der Waals surface area contributed by atoms with E-state index in [0.29, 0.717) is 12.2 Å². The second-order valence-electron chi connectivity index (χ2n) is 7.71. The largest absolute Gasteiger partial charge is 0.375 e. The highest BCUT2D eigenvalue weighted by Gasteiger charge is 2.30. The fourth-order valence-corrected chi connectivity index (χ4v) is 4.05. The van der Waals surface area contributed by atoms with Gasteiger partial charge in [-0.05, 0) is 51.5 Å². The van der Waals surface area contributed by atoms with Gasteiger partial charge in [-0.15, -0.1) is 0 Å². The molecule has 1 aliphatic heterocycles. The number of amides is 1. The van der Waals surface area contributed by atoms with Crippen molar-refractivity contribution in [2.24, 2.45) is 13.0 Å². The zero-order valence-electron chi connectivity index (χ0n) is 15.8. The van der Waals surface area contributed by atoms with E-state index >= 15 is 0 Å². The van der Waals surface area contributed by atoms with Crippen LogP contribution in [0.2, 0.25) is 0 Å². The summed E-state index contributed by atoms with van der Waals surface area (Å²) in [7, 11) is 3.70. The number of carbonyl (C=O) groups excluding carboxylic acids is 1. The standard InChI is InChI=1S/C19H32N4O2/c1-14-4-6-16(7-5-14)25-17-8-10-23(11-9-17)19(24)18(20-2)15-12-21-22(3)13-15/h12-14,16-18,20H,4-11H2,1-3H3. The molecule has 3 rings (SSSR count). The first-order valence-electron chi connectivity index (χ1n) is 9.67. The van der Waals surface area contributed by atoms with Gasteiger partial charge in [0.2, 0.25) is 5.91 Å². The number of aromatic nitrogens is 2. The van der Waals surface area contributed by atoms with Crippen LogP contribution in [0, 0.1) is 5.92 Å². The number of carbonyl (C=O) groups is 1. The Balaban J connectivity index is 1.48. The zero-order chi connectivity index (χ0) is 17.8. The van der Waals surface area contributed by atoms with E-state index in [1.807, 2.05) is 25.2 Å². The van der Waals surface area contributed by atoms with Crippen molar-refractivity contribution in [3.63, 3.8) is 0 Å². The van der Waals surface area contributed by atoms with Crippen molar-refractivity contribution in [2.75, 3.05) is 20.1 Å². The maximum Gasteiger partial charge on any atom is 0.244 e. The molecule has 0 spiro atoms. The maximum atomic E-state index is 12.9. The lowest BCUT2D eigenvalue weighted by atomic mass is 9.88. The Morgan fingerprint density at radius 2 is 1.84 bits per heavy atom. The van der Waals surface area contributed by atoms with Crippen molar-refractivity contribution in [3.8, 4) is 0 Å². The average molecular weight is 348 g/mol. The molecule has 140 valence electrons. The lowest BCUT2D eigenvalue weighted by molar-refractivity contribution is -0.137. The van der Waals surface area contributed by atoms with Crippen molar-refractivity contribution in [2.45, 2.75) is 63.7 Å². The number of hydrogen-bond donors (Lipinski definition) is 1. The van der Waals surface area contributed by atoms with Gasteiger partial charge in [0.05, 0.1) is 18.4 Å². The van der Waals surface area contributed by atoms with Crippen LogP contribution in [0.3, 0.4) is 0 Å². The molecule has 1 saturated heterocycles. The Morgan fingerprint density at radius 1 is 1.20 bits per heavy atom. The predicted octanol–water partition coefficient (Wildman–Crippen LogP) is 2.27. The molecule has 0 aromatic carbocycles. The lowest BCUT2D eigenvalue weighted by Crippen LogP contribution is -2.46. The Hall–Kier alpha value is -1.40. The van der Waals surface area contributed by atoms with Crippen molar-refractivity contribution >= 4 is 5.91 Å². The van der Waals surface area contributed by atoms with Crippen molar-refractivity contribution in [1.29, 1.82) is 0 Å². The van der Waals surface area contributed by atoms with E-state index in [-0.39, 0.29) is 11.9 Å². The molecule has 0 bridgehead atoms. The second-order valence-corrected chi connectivity index (χ2v) is 7.71. The first-order chi connectivity index (χ1) is 12.1. The molecule has 0 radical (unpaired) electrons. The second kappa shape index (κ2) is 8.32.